The molecule has 1 fully saturated rings. The Morgan fingerprint density at radius 3 is 2.75 bits per heavy atom. The monoisotopic (exact) mass is 222 g/mol. The second kappa shape index (κ2) is 4.65. The third-order valence-corrected chi connectivity index (χ3v) is 2.97. The lowest BCUT2D eigenvalue weighted by atomic mass is 10.2. The summed E-state index contributed by atoms with van der Waals surface area (Å²) >= 11 is 0. The van der Waals surface area contributed by atoms with Crippen molar-refractivity contribution in [1.29, 1.82) is 0 Å². The summed E-state index contributed by atoms with van der Waals surface area (Å²) in [6.45, 7) is 2.52. The van der Waals surface area contributed by atoms with Gasteiger partial charge in [-0.1, -0.05) is 0 Å². The van der Waals surface area contributed by atoms with Gasteiger partial charge in [-0.3, -0.25) is 0 Å². The average Bonchev–Trinajstić information content (AvgIpc) is 3.11. The van der Waals surface area contributed by atoms with Gasteiger partial charge in [0, 0.05) is 19.2 Å². The molecule has 5 heteroatoms. The van der Waals surface area contributed by atoms with Crippen molar-refractivity contribution in [1.82, 2.24) is 9.97 Å². The van der Waals surface area contributed by atoms with Crippen molar-refractivity contribution in [3.05, 3.63) is 11.9 Å². The second-order valence-corrected chi connectivity index (χ2v) is 4.23. The van der Waals surface area contributed by atoms with Crippen molar-refractivity contribution in [3.8, 4) is 0 Å². The molecule has 0 aromatic carbocycles. The topological polar surface area (TPSA) is 70.1 Å². The summed E-state index contributed by atoms with van der Waals surface area (Å²) < 4.78 is 0. The minimum Gasteiger partial charge on any atom is -0.391 e. The Balaban J connectivity index is 1.97. The number of aliphatic hydroxyl groups is 1. The normalized spacial score (nSPS) is 16.9. The van der Waals surface area contributed by atoms with Crippen LogP contribution in [0.2, 0.25) is 0 Å². The first-order valence-corrected chi connectivity index (χ1v) is 5.63. The molecule has 1 aromatic heterocycles. The van der Waals surface area contributed by atoms with Crippen LogP contribution in [0.5, 0.6) is 0 Å². The number of nitrogens with zero attached hydrogens (tertiary/aromatic N) is 2. The molecule has 0 saturated heterocycles. The third-order valence-electron chi connectivity index (χ3n) is 2.97. The number of aliphatic hydroxyl groups excluding tert-OH is 1. The molecule has 1 heterocycles. The molecule has 0 bridgehead atoms. The highest BCUT2D eigenvalue weighted by Gasteiger charge is 2.29. The molecule has 16 heavy (non-hydrogen) atoms. The lowest BCUT2D eigenvalue weighted by Gasteiger charge is -2.13. The Morgan fingerprint density at radius 2 is 2.12 bits per heavy atom. The van der Waals surface area contributed by atoms with Crippen LogP contribution in [0.15, 0.2) is 6.33 Å². The maximum absolute atomic E-state index is 9.75. The standard InChI is InChI=1S/C11H18N4O/c1-7-10(12-2)14-6-15-11(7)13-5-9(16)8-3-4-8/h6,8-9,16H,3-5H2,1-2H3,(H2,12,13,14,15). The first kappa shape index (κ1) is 11.1. The summed E-state index contributed by atoms with van der Waals surface area (Å²) in [6.07, 6.45) is 3.55. The van der Waals surface area contributed by atoms with Crippen LogP contribution in [-0.2, 0) is 0 Å². The molecule has 88 valence electrons. The lowest BCUT2D eigenvalue weighted by molar-refractivity contribution is 0.164. The van der Waals surface area contributed by atoms with E-state index in [4.69, 9.17) is 0 Å². The van der Waals surface area contributed by atoms with Crippen LogP contribution >= 0.6 is 0 Å². The largest absolute Gasteiger partial charge is 0.391 e. The molecule has 1 aliphatic rings. The summed E-state index contributed by atoms with van der Waals surface area (Å²) in [5.41, 5.74) is 0.980. The van der Waals surface area contributed by atoms with Gasteiger partial charge in [0.15, 0.2) is 0 Å². The Morgan fingerprint density at radius 1 is 1.44 bits per heavy atom. The summed E-state index contributed by atoms with van der Waals surface area (Å²) in [5.74, 6) is 2.09. The van der Waals surface area contributed by atoms with E-state index in [0.717, 1.165) is 30.0 Å². The molecule has 2 rings (SSSR count). The molecule has 1 atom stereocenters. The molecule has 5 nitrogen and oxygen atoms in total. The fourth-order valence-corrected chi connectivity index (χ4v) is 1.73. The molecule has 0 radical (unpaired) electrons. The number of nitrogens with one attached hydrogen (secondary N) is 2. The van der Waals surface area contributed by atoms with Gasteiger partial charge >= 0.3 is 0 Å². The van der Waals surface area contributed by atoms with E-state index in [0.29, 0.717) is 12.5 Å². The fraction of sp³-hybridized carbons (Fsp3) is 0.636. The molecule has 1 aromatic rings. The van der Waals surface area contributed by atoms with E-state index in [1.165, 1.54) is 6.33 Å². The molecule has 1 unspecified atom stereocenters. The molecule has 1 aliphatic carbocycles. The summed E-state index contributed by atoms with van der Waals surface area (Å²) in [7, 11) is 1.83. The Labute approximate surface area is 95.3 Å². The maximum atomic E-state index is 9.75. The van der Waals surface area contributed by atoms with E-state index in [1.54, 1.807) is 0 Å². The minimum atomic E-state index is -0.257. The van der Waals surface area contributed by atoms with E-state index in [1.807, 2.05) is 14.0 Å². The van der Waals surface area contributed by atoms with Gasteiger partial charge in [-0.15, -0.1) is 0 Å². The van der Waals surface area contributed by atoms with Crippen LogP contribution in [-0.4, -0.2) is 34.8 Å². The van der Waals surface area contributed by atoms with Crippen molar-refractivity contribution in [3.63, 3.8) is 0 Å². The fourth-order valence-electron chi connectivity index (χ4n) is 1.73. The second-order valence-electron chi connectivity index (χ2n) is 4.23. The number of anilines is 2. The van der Waals surface area contributed by atoms with Gasteiger partial charge in [-0.2, -0.15) is 0 Å². The van der Waals surface area contributed by atoms with E-state index in [-0.39, 0.29) is 6.10 Å². The molecule has 1 saturated carbocycles. The zero-order valence-electron chi connectivity index (χ0n) is 9.70. The van der Waals surface area contributed by atoms with Crippen molar-refractivity contribution in [2.45, 2.75) is 25.9 Å². The maximum Gasteiger partial charge on any atom is 0.134 e. The predicted octanol–water partition coefficient (Wildman–Crippen LogP) is 1.01. The van der Waals surface area contributed by atoms with Crippen molar-refractivity contribution < 1.29 is 5.11 Å². The summed E-state index contributed by atoms with van der Waals surface area (Å²) in [5, 5.41) is 15.9. The molecule has 0 amide bonds. The molecule has 0 spiro atoms. The number of rotatable bonds is 5. The van der Waals surface area contributed by atoms with E-state index >= 15 is 0 Å². The van der Waals surface area contributed by atoms with Gasteiger partial charge in [0.2, 0.25) is 0 Å². The van der Waals surface area contributed by atoms with Crippen molar-refractivity contribution in [2.24, 2.45) is 5.92 Å². The number of hydrogen-bond acceptors (Lipinski definition) is 5. The van der Waals surface area contributed by atoms with Crippen LogP contribution in [0.1, 0.15) is 18.4 Å². The van der Waals surface area contributed by atoms with Crippen molar-refractivity contribution >= 4 is 11.6 Å². The molecular formula is C11H18N4O. The number of aromatic nitrogens is 2. The first-order chi connectivity index (χ1) is 7.72. The average molecular weight is 222 g/mol. The van der Waals surface area contributed by atoms with Gasteiger partial charge in [-0.25, -0.2) is 9.97 Å². The highest BCUT2D eigenvalue weighted by atomic mass is 16.3. The zero-order chi connectivity index (χ0) is 11.5. The van der Waals surface area contributed by atoms with Crippen LogP contribution < -0.4 is 10.6 Å². The van der Waals surface area contributed by atoms with Gasteiger partial charge in [-0.05, 0) is 25.7 Å². The van der Waals surface area contributed by atoms with Crippen LogP contribution in [0.4, 0.5) is 11.6 Å². The summed E-state index contributed by atoms with van der Waals surface area (Å²) in [6, 6.07) is 0. The van der Waals surface area contributed by atoms with Crippen LogP contribution in [0.3, 0.4) is 0 Å². The van der Waals surface area contributed by atoms with Crippen LogP contribution in [0, 0.1) is 12.8 Å². The van der Waals surface area contributed by atoms with E-state index in [2.05, 4.69) is 20.6 Å². The molecular weight excluding hydrogens is 204 g/mol. The van der Waals surface area contributed by atoms with Gasteiger partial charge in [0.05, 0.1) is 6.10 Å². The number of hydrogen-bond donors (Lipinski definition) is 3. The Kier molecular flexibility index (Phi) is 3.24. The zero-order valence-corrected chi connectivity index (χ0v) is 9.70. The SMILES string of the molecule is CNc1ncnc(NCC(O)C2CC2)c1C. The van der Waals surface area contributed by atoms with Gasteiger partial charge < -0.3 is 15.7 Å². The van der Waals surface area contributed by atoms with Gasteiger partial charge in [0.25, 0.3) is 0 Å². The third kappa shape index (κ3) is 2.41. The Bertz CT molecular complexity index is 365. The quantitative estimate of drug-likeness (QED) is 0.693. The molecule has 3 N–H and O–H groups in total. The lowest BCUT2D eigenvalue weighted by Crippen LogP contribution is -2.22. The summed E-state index contributed by atoms with van der Waals surface area (Å²) in [4.78, 5) is 8.27. The highest BCUT2D eigenvalue weighted by molar-refractivity contribution is 5.56. The minimum absolute atomic E-state index is 0.257. The molecule has 0 aliphatic heterocycles. The highest BCUT2D eigenvalue weighted by Crippen LogP contribution is 2.32. The van der Waals surface area contributed by atoms with E-state index in [9.17, 15) is 5.11 Å². The van der Waals surface area contributed by atoms with Crippen molar-refractivity contribution in [2.75, 3.05) is 24.2 Å². The Hall–Kier alpha value is -1.36. The predicted molar refractivity (Wildman–Crippen MR) is 63.5 cm³/mol. The smallest absolute Gasteiger partial charge is 0.134 e. The van der Waals surface area contributed by atoms with Gasteiger partial charge in [0.1, 0.15) is 18.0 Å². The van der Waals surface area contributed by atoms with Crippen LogP contribution in [0.25, 0.3) is 0 Å². The van der Waals surface area contributed by atoms with E-state index < -0.39 is 0 Å². The first-order valence-electron chi connectivity index (χ1n) is 5.63.